The topological polar surface area (TPSA) is 46.7 Å². The molecule has 2 aromatic rings. The minimum absolute atomic E-state index is 0.820. The summed E-state index contributed by atoms with van der Waals surface area (Å²) in [4.78, 5) is 10.2. The quantitative estimate of drug-likeness (QED) is 0.741. The summed E-state index contributed by atoms with van der Waals surface area (Å²) in [5.74, 6) is 0.820. The van der Waals surface area contributed by atoms with Crippen LogP contribution < -0.4 is 5.43 Å². The fourth-order valence-corrected chi connectivity index (χ4v) is 4.43. The summed E-state index contributed by atoms with van der Waals surface area (Å²) in [6.07, 6.45) is 13.4. The van der Waals surface area contributed by atoms with Crippen LogP contribution in [0.25, 0.3) is 10.9 Å². The summed E-state index contributed by atoms with van der Waals surface area (Å²) < 4.78 is 0. The smallest absolute Gasteiger partial charge is 0.0463 e. The Hall–Kier alpha value is -2.11. The molecule has 2 N–H and O–H groups in total. The predicted octanol–water partition coefficient (Wildman–Crippen LogP) is 3.20. The Morgan fingerprint density at radius 1 is 1.26 bits per heavy atom. The van der Waals surface area contributed by atoms with Gasteiger partial charge in [0, 0.05) is 55.2 Å². The molecule has 0 atom stereocenters. The van der Waals surface area contributed by atoms with Crippen LogP contribution in [0.1, 0.15) is 30.4 Å². The van der Waals surface area contributed by atoms with Crippen LogP contribution in [0.3, 0.4) is 0 Å². The summed E-state index contributed by atoms with van der Waals surface area (Å²) in [5, 5.41) is 3.60. The Labute approximate surface area is 162 Å². The summed E-state index contributed by atoms with van der Waals surface area (Å²) in [5.41, 5.74) is 7.24. The number of aryl methyl sites for hydroxylation is 1. The number of rotatable bonds is 7. The molecule has 0 unspecified atom stereocenters. The number of likely N-dealkylation sites (tertiary alicyclic amines) is 1. The van der Waals surface area contributed by atoms with Gasteiger partial charge in [-0.3, -0.25) is 4.99 Å². The minimum atomic E-state index is 0.820. The maximum atomic E-state index is 4.20. The molecule has 1 fully saturated rings. The maximum absolute atomic E-state index is 4.20. The standard InChI is InChI=1S/C22H31N5/c1-23-15-20-16-24-21-7-2-5-19(22(20)21)6-3-11-26-13-8-18(9-14-26)17-27-12-4-10-25-27/h2,4-5,7,12,15-16,18,24-25H,3,6,8-11,13-14,17H2,1H3. The van der Waals surface area contributed by atoms with E-state index in [0.717, 1.165) is 25.4 Å². The zero-order chi connectivity index (χ0) is 18.5. The maximum Gasteiger partial charge on any atom is 0.0463 e. The molecule has 3 heterocycles. The van der Waals surface area contributed by atoms with Crippen LogP contribution in [0, 0.1) is 5.92 Å². The molecule has 0 spiro atoms. The fourth-order valence-electron chi connectivity index (χ4n) is 4.43. The Bertz CT molecular complexity index is 798. The fraction of sp³-hybridized carbons (Fsp3) is 0.500. The Morgan fingerprint density at radius 3 is 2.93 bits per heavy atom. The van der Waals surface area contributed by atoms with E-state index in [1.165, 1.54) is 60.9 Å². The van der Waals surface area contributed by atoms with E-state index in [1.54, 1.807) is 0 Å². The third-order valence-corrected chi connectivity index (χ3v) is 5.87. The molecular weight excluding hydrogens is 334 g/mol. The van der Waals surface area contributed by atoms with Crippen LogP contribution >= 0.6 is 0 Å². The zero-order valence-electron chi connectivity index (χ0n) is 16.3. The van der Waals surface area contributed by atoms with Crippen LogP contribution in [-0.4, -0.2) is 60.9 Å². The zero-order valence-corrected chi connectivity index (χ0v) is 16.3. The first-order valence-corrected chi connectivity index (χ1v) is 10.2. The summed E-state index contributed by atoms with van der Waals surface area (Å²) in [7, 11) is 1.83. The van der Waals surface area contributed by atoms with Gasteiger partial charge >= 0.3 is 0 Å². The van der Waals surface area contributed by atoms with Gasteiger partial charge in [0.1, 0.15) is 0 Å². The molecule has 0 aliphatic carbocycles. The first-order chi connectivity index (χ1) is 13.3. The largest absolute Gasteiger partial charge is 0.360 e. The first kappa shape index (κ1) is 18.3. The lowest BCUT2D eigenvalue weighted by molar-refractivity contribution is 0.149. The first-order valence-electron chi connectivity index (χ1n) is 10.2. The average molecular weight is 366 g/mol. The number of nitrogens with zero attached hydrogens (tertiary/aromatic N) is 3. The lowest BCUT2D eigenvalue weighted by Gasteiger charge is -2.33. The summed E-state index contributed by atoms with van der Waals surface area (Å²) >= 11 is 0. The number of aromatic amines is 1. The molecule has 5 heteroatoms. The van der Waals surface area contributed by atoms with Gasteiger partial charge in [0.05, 0.1) is 0 Å². The second-order valence-electron chi connectivity index (χ2n) is 7.76. The molecule has 0 amide bonds. The number of fused-ring (bicyclic) bond motifs is 1. The monoisotopic (exact) mass is 365 g/mol. The van der Waals surface area contributed by atoms with Gasteiger partial charge in [0.15, 0.2) is 0 Å². The van der Waals surface area contributed by atoms with Gasteiger partial charge in [0.2, 0.25) is 0 Å². The van der Waals surface area contributed by atoms with Gasteiger partial charge in [-0.1, -0.05) is 18.2 Å². The molecule has 1 aromatic carbocycles. The van der Waals surface area contributed by atoms with Crippen molar-refractivity contribution in [3.05, 3.63) is 47.8 Å². The second-order valence-corrected chi connectivity index (χ2v) is 7.76. The van der Waals surface area contributed by atoms with Crippen molar-refractivity contribution in [1.82, 2.24) is 20.3 Å². The number of hydrogen-bond acceptors (Lipinski definition) is 4. The van der Waals surface area contributed by atoms with E-state index in [-0.39, 0.29) is 0 Å². The highest BCUT2D eigenvalue weighted by molar-refractivity contribution is 6.00. The SMILES string of the molecule is CN=Cc1c[nH]c2cccc(CCCN3CCC(CN4C=CCN4)CC3)c12. The van der Waals surface area contributed by atoms with E-state index in [2.05, 4.69) is 62.0 Å². The third-order valence-electron chi connectivity index (χ3n) is 5.87. The number of hydrogen-bond donors (Lipinski definition) is 2. The third kappa shape index (κ3) is 4.42. The van der Waals surface area contributed by atoms with E-state index in [1.807, 2.05) is 13.3 Å². The number of aliphatic imine (C=N–C) groups is 1. The highest BCUT2D eigenvalue weighted by Gasteiger charge is 2.21. The van der Waals surface area contributed by atoms with Crippen molar-refractivity contribution in [2.45, 2.75) is 25.7 Å². The minimum Gasteiger partial charge on any atom is -0.360 e. The molecule has 5 nitrogen and oxygen atoms in total. The van der Waals surface area contributed by atoms with Crippen molar-refractivity contribution in [1.29, 1.82) is 0 Å². The molecule has 1 saturated heterocycles. The number of nitrogens with one attached hydrogen (secondary N) is 2. The highest BCUT2D eigenvalue weighted by atomic mass is 15.5. The van der Waals surface area contributed by atoms with E-state index >= 15 is 0 Å². The highest BCUT2D eigenvalue weighted by Crippen LogP contribution is 2.24. The van der Waals surface area contributed by atoms with Crippen molar-refractivity contribution in [2.75, 3.05) is 39.8 Å². The van der Waals surface area contributed by atoms with Crippen LogP contribution in [0.5, 0.6) is 0 Å². The van der Waals surface area contributed by atoms with E-state index < -0.39 is 0 Å². The normalized spacial score (nSPS) is 19.1. The number of piperidine rings is 1. The predicted molar refractivity (Wildman–Crippen MR) is 113 cm³/mol. The Balaban J connectivity index is 1.26. The van der Waals surface area contributed by atoms with Crippen LogP contribution in [0.4, 0.5) is 0 Å². The molecular formula is C22H31N5. The van der Waals surface area contributed by atoms with Crippen LogP contribution in [-0.2, 0) is 6.42 Å². The summed E-state index contributed by atoms with van der Waals surface area (Å²) in [6, 6.07) is 6.58. The van der Waals surface area contributed by atoms with Crippen molar-refractivity contribution in [2.24, 2.45) is 10.9 Å². The van der Waals surface area contributed by atoms with Crippen LogP contribution in [0.2, 0.25) is 0 Å². The van der Waals surface area contributed by atoms with Crippen molar-refractivity contribution in [3.63, 3.8) is 0 Å². The number of H-pyrrole nitrogens is 1. The van der Waals surface area contributed by atoms with Crippen molar-refractivity contribution in [3.8, 4) is 0 Å². The molecule has 0 radical (unpaired) electrons. The van der Waals surface area contributed by atoms with E-state index in [9.17, 15) is 0 Å². The van der Waals surface area contributed by atoms with Crippen LogP contribution in [0.15, 0.2) is 41.7 Å². The van der Waals surface area contributed by atoms with Gasteiger partial charge in [0.25, 0.3) is 0 Å². The second kappa shape index (κ2) is 8.72. The Morgan fingerprint density at radius 2 is 2.15 bits per heavy atom. The van der Waals surface area contributed by atoms with Gasteiger partial charge in [-0.25, -0.2) is 5.43 Å². The number of benzene rings is 1. The number of hydrazine groups is 1. The lowest BCUT2D eigenvalue weighted by atomic mass is 9.96. The van der Waals surface area contributed by atoms with Gasteiger partial charge in [-0.05, 0) is 62.9 Å². The van der Waals surface area contributed by atoms with Gasteiger partial charge < -0.3 is 14.9 Å². The van der Waals surface area contributed by atoms with E-state index in [0.29, 0.717) is 0 Å². The molecule has 2 aliphatic rings. The summed E-state index contributed by atoms with van der Waals surface area (Å²) in [6.45, 7) is 5.82. The molecule has 0 saturated carbocycles. The molecule has 144 valence electrons. The van der Waals surface area contributed by atoms with Crippen molar-refractivity contribution >= 4 is 17.1 Å². The van der Waals surface area contributed by atoms with Gasteiger partial charge in [-0.15, -0.1) is 0 Å². The molecule has 27 heavy (non-hydrogen) atoms. The van der Waals surface area contributed by atoms with Gasteiger partial charge in [-0.2, -0.15) is 0 Å². The Kier molecular flexibility index (Phi) is 5.90. The van der Waals surface area contributed by atoms with Crippen molar-refractivity contribution < 1.29 is 0 Å². The molecule has 1 aromatic heterocycles. The average Bonchev–Trinajstić information content (AvgIpc) is 3.34. The lowest BCUT2D eigenvalue weighted by Crippen LogP contribution is -2.40. The molecule has 2 aliphatic heterocycles. The molecule has 0 bridgehead atoms. The number of aromatic nitrogens is 1. The molecule has 4 rings (SSSR count). The van der Waals surface area contributed by atoms with E-state index in [4.69, 9.17) is 0 Å².